The van der Waals surface area contributed by atoms with Gasteiger partial charge in [0.15, 0.2) is 0 Å². The van der Waals surface area contributed by atoms with Crippen LogP contribution in [0.5, 0.6) is 0 Å². The molecule has 2 unspecified atom stereocenters. The van der Waals surface area contributed by atoms with E-state index in [0.717, 1.165) is 6.42 Å². The Balaban J connectivity index is 1.75. The molecular formula is C21H20. The summed E-state index contributed by atoms with van der Waals surface area (Å²) >= 11 is 0. The third-order valence-electron chi connectivity index (χ3n) is 5.15. The zero-order chi connectivity index (χ0) is 14.5. The van der Waals surface area contributed by atoms with E-state index in [9.17, 15) is 0 Å². The lowest BCUT2D eigenvalue weighted by Crippen LogP contribution is -2.29. The Labute approximate surface area is 126 Å². The van der Waals surface area contributed by atoms with Crippen molar-refractivity contribution >= 4 is 12.2 Å². The highest BCUT2D eigenvalue weighted by molar-refractivity contribution is 5.68. The molecule has 0 aromatic heterocycles. The molecule has 4 rings (SSSR count). The van der Waals surface area contributed by atoms with Crippen molar-refractivity contribution in [2.45, 2.75) is 31.1 Å². The molecule has 0 heterocycles. The number of hydrogen-bond donors (Lipinski definition) is 0. The first-order valence-electron chi connectivity index (χ1n) is 7.68. The minimum atomic E-state index is 0.118. The van der Waals surface area contributed by atoms with Crippen LogP contribution in [0.25, 0.3) is 12.2 Å². The summed E-state index contributed by atoms with van der Waals surface area (Å²) < 4.78 is 0. The van der Waals surface area contributed by atoms with E-state index < -0.39 is 0 Å². The molecule has 104 valence electrons. The maximum atomic E-state index is 2.39. The highest BCUT2D eigenvalue weighted by Gasteiger charge is 2.39. The van der Waals surface area contributed by atoms with E-state index in [2.05, 4.69) is 86.7 Å². The Morgan fingerprint density at radius 3 is 1.57 bits per heavy atom. The number of allylic oxidation sites excluding steroid dienone is 2. The Kier molecular flexibility index (Phi) is 2.53. The number of rotatable bonds is 2. The molecule has 2 aliphatic carbocycles. The second-order valence-corrected chi connectivity index (χ2v) is 6.85. The molecule has 0 bridgehead atoms. The highest BCUT2D eigenvalue weighted by Crippen LogP contribution is 2.48. The first kappa shape index (κ1) is 12.6. The number of hydrogen-bond acceptors (Lipinski definition) is 0. The minimum Gasteiger partial charge on any atom is -0.0735 e. The van der Waals surface area contributed by atoms with Gasteiger partial charge in [0.05, 0.1) is 0 Å². The van der Waals surface area contributed by atoms with E-state index in [0.29, 0.717) is 0 Å². The molecule has 0 amide bonds. The van der Waals surface area contributed by atoms with Crippen LogP contribution in [0.15, 0.2) is 60.7 Å². The SMILES string of the molecule is CC1(CC2(C)C=Cc3ccccc32)C=Cc2ccccc21. The smallest absolute Gasteiger partial charge is 0.0124 e. The first-order chi connectivity index (χ1) is 10.1. The van der Waals surface area contributed by atoms with Crippen LogP contribution in [0, 0.1) is 0 Å². The van der Waals surface area contributed by atoms with E-state index in [-0.39, 0.29) is 10.8 Å². The van der Waals surface area contributed by atoms with Crippen molar-refractivity contribution in [3.63, 3.8) is 0 Å². The van der Waals surface area contributed by atoms with Gasteiger partial charge in [-0.05, 0) is 28.7 Å². The van der Waals surface area contributed by atoms with Crippen molar-refractivity contribution in [2.24, 2.45) is 0 Å². The van der Waals surface area contributed by atoms with Crippen LogP contribution >= 0.6 is 0 Å². The molecule has 0 saturated heterocycles. The summed E-state index contributed by atoms with van der Waals surface area (Å²) in [5, 5.41) is 0. The van der Waals surface area contributed by atoms with E-state index >= 15 is 0 Å². The van der Waals surface area contributed by atoms with Crippen LogP contribution in [0.2, 0.25) is 0 Å². The largest absolute Gasteiger partial charge is 0.0735 e. The van der Waals surface area contributed by atoms with Crippen LogP contribution in [0.4, 0.5) is 0 Å². The summed E-state index contributed by atoms with van der Waals surface area (Å²) in [6.45, 7) is 4.74. The number of benzene rings is 2. The monoisotopic (exact) mass is 272 g/mol. The molecule has 2 atom stereocenters. The third kappa shape index (κ3) is 1.82. The standard InChI is InChI=1S/C21H20/c1-20(13-11-16-7-3-5-9-18(16)20)15-21(2)14-12-17-8-4-6-10-19(17)21/h3-14H,15H2,1-2H3. The Morgan fingerprint density at radius 2 is 1.10 bits per heavy atom. The lowest BCUT2D eigenvalue weighted by Gasteiger charge is -2.34. The Hall–Kier alpha value is -2.08. The molecule has 0 fully saturated rings. The van der Waals surface area contributed by atoms with Gasteiger partial charge < -0.3 is 0 Å². The van der Waals surface area contributed by atoms with Gasteiger partial charge in [0.2, 0.25) is 0 Å². The van der Waals surface area contributed by atoms with Crippen molar-refractivity contribution in [1.82, 2.24) is 0 Å². The summed E-state index contributed by atoms with van der Waals surface area (Å²) in [7, 11) is 0. The second kappa shape index (κ2) is 4.21. The molecular weight excluding hydrogens is 252 g/mol. The van der Waals surface area contributed by atoms with Crippen LogP contribution < -0.4 is 0 Å². The van der Waals surface area contributed by atoms with Crippen molar-refractivity contribution in [1.29, 1.82) is 0 Å². The molecule has 2 aromatic rings. The van der Waals surface area contributed by atoms with Gasteiger partial charge in [-0.3, -0.25) is 0 Å². The van der Waals surface area contributed by atoms with Gasteiger partial charge in [-0.2, -0.15) is 0 Å². The minimum absolute atomic E-state index is 0.118. The molecule has 2 aromatic carbocycles. The third-order valence-corrected chi connectivity index (χ3v) is 5.15. The molecule has 0 nitrogen and oxygen atoms in total. The van der Waals surface area contributed by atoms with Crippen LogP contribution in [0.3, 0.4) is 0 Å². The highest BCUT2D eigenvalue weighted by atomic mass is 14.4. The van der Waals surface area contributed by atoms with Gasteiger partial charge in [0, 0.05) is 10.8 Å². The fourth-order valence-electron chi connectivity index (χ4n) is 4.12. The molecule has 0 N–H and O–H groups in total. The maximum absolute atomic E-state index is 2.39. The van der Waals surface area contributed by atoms with Crippen molar-refractivity contribution in [2.75, 3.05) is 0 Å². The van der Waals surface area contributed by atoms with Crippen molar-refractivity contribution in [3.8, 4) is 0 Å². The fourth-order valence-corrected chi connectivity index (χ4v) is 4.12. The van der Waals surface area contributed by atoms with Gasteiger partial charge in [-0.1, -0.05) is 86.7 Å². The average molecular weight is 272 g/mol. The van der Waals surface area contributed by atoms with E-state index in [1.807, 2.05) is 0 Å². The normalized spacial score (nSPS) is 28.7. The van der Waals surface area contributed by atoms with Crippen molar-refractivity contribution in [3.05, 3.63) is 82.9 Å². The fraction of sp³-hybridized carbons (Fsp3) is 0.238. The molecule has 0 spiro atoms. The van der Waals surface area contributed by atoms with Crippen LogP contribution in [-0.4, -0.2) is 0 Å². The molecule has 0 radical (unpaired) electrons. The van der Waals surface area contributed by atoms with E-state index in [1.165, 1.54) is 22.3 Å². The van der Waals surface area contributed by atoms with Crippen LogP contribution in [0.1, 0.15) is 42.5 Å². The molecule has 2 aliphatic rings. The van der Waals surface area contributed by atoms with Gasteiger partial charge in [-0.25, -0.2) is 0 Å². The Morgan fingerprint density at radius 1 is 0.667 bits per heavy atom. The quantitative estimate of drug-likeness (QED) is 0.691. The van der Waals surface area contributed by atoms with E-state index in [4.69, 9.17) is 0 Å². The average Bonchev–Trinajstić information content (AvgIpc) is 3.00. The lowest BCUT2D eigenvalue weighted by molar-refractivity contribution is 0.424. The predicted octanol–water partition coefficient (Wildman–Crippen LogP) is 5.35. The summed E-state index contributed by atoms with van der Waals surface area (Å²) in [5.41, 5.74) is 5.91. The van der Waals surface area contributed by atoms with Gasteiger partial charge in [-0.15, -0.1) is 0 Å². The lowest BCUT2D eigenvalue weighted by atomic mass is 9.68. The molecule has 0 aliphatic heterocycles. The molecule has 0 heteroatoms. The summed E-state index contributed by atoms with van der Waals surface area (Å²) in [6.07, 6.45) is 10.4. The molecule has 21 heavy (non-hydrogen) atoms. The summed E-state index contributed by atoms with van der Waals surface area (Å²) in [6, 6.07) is 17.6. The zero-order valence-electron chi connectivity index (χ0n) is 12.6. The van der Waals surface area contributed by atoms with Gasteiger partial charge in [0.25, 0.3) is 0 Å². The Bertz CT molecular complexity index is 700. The number of fused-ring (bicyclic) bond motifs is 2. The second-order valence-electron chi connectivity index (χ2n) is 6.85. The first-order valence-corrected chi connectivity index (χ1v) is 7.68. The molecule has 0 saturated carbocycles. The van der Waals surface area contributed by atoms with Crippen molar-refractivity contribution < 1.29 is 0 Å². The van der Waals surface area contributed by atoms with E-state index in [1.54, 1.807) is 0 Å². The zero-order valence-corrected chi connectivity index (χ0v) is 12.6. The predicted molar refractivity (Wildman–Crippen MR) is 90.3 cm³/mol. The summed E-state index contributed by atoms with van der Waals surface area (Å²) in [4.78, 5) is 0. The van der Waals surface area contributed by atoms with Crippen LogP contribution in [-0.2, 0) is 10.8 Å². The topological polar surface area (TPSA) is 0 Å². The maximum Gasteiger partial charge on any atom is 0.0124 e. The summed E-state index contributed by atoms with van der Waals surface area (Å²) in [5.74, 6) is 0. The van der Waals surface area contributed by atoms with Gasteiger partial charge >= 0.3 is 0 Å². The van der Waals surface area contributed by atoms with Gasteiger partial charge in [0.1, 0.15) is 0 Å².